The van der Waals surface area contributed by atoms with E-state index in [1.165, 1.54) is 23.1 Å². The van der Waals surface area contributed by atoms with Gasteiger partial charge >= 0.3 is 0 Å². The van der Waals surface area contributed by atoms with E-state index in [1.807, 2.05) is 29.8 Å². The molecular formula is C14H13N3O2S3. The first-order valence-electron chi connectivity index (χ1n) is 6.56. The van der Waals surface area contributed by atoms with Gasteiger partial charge in [-0.25, -0.2) is 4.98 Å². The molecule has 5 nitrogen and oxygen atoms in total. The summed E-state index contributed by atoms with van der Waals surface area (Å²) in [6.45, 7) is 1.95. The maximum absolute atomic E-state index is 12.0. The summed E-state index contributed by atoms with van der Waals surface area (Å²) in [4.78, 5) is 32.7. The lowest BCUT2D eigenvalue weighted by Gasteiger charge is -2.11. The van der Waals surface area contributed by atoms with Crippen LogP contribution in [0.4, 0.5) is 0 Å². The van der Waals surface area contributed by atoms with Gasteiger partial charge in [-0.15, -0.1) is 22.7 Å². The molecule has 3 aromatic heterocycles. The van der Waals surface area contributed by atoms with Crippen LogP contribution in [0.15, 0.2) is 38.9 Å². The number of nitrogens with one attached hydrogen (secondary N) is 2. The third-order valence-electron chi connectivity index (χ3n) is 3.00. The summed E-state index contributed by atoms with van der Waals surface area (Å²) in [7, 11) is 0. The van der Waals surface area contributed by atoms with Crippen molar-refractivity contribution in [3.63, 3.8) is 0 Å². The van der Waals surface area contributed by atoms with Crippen molar-refractivity contribution in [2.75, 3.05) is 5.75 Å². The second-order valence-electron chi connectivity index (χ2n) is 4.60. The van der Waals surface area contributed by atoms with Crippen LogP contribution in [0.2, 0.25) is 0 Å². The van der Waals surface area contributed by atoms with Crippen LogP contribution in [-0.4, -0.2) is 21.6 Å². The fraction of sp³-hybridized carbons (Fsp3) is 0.214. The molecule has 1 atom stereocenters. The number of rotatable bonds is 5. The Morgan fingerprint density at radius 2 is 2.27 bits per heavy atom. The molecule has 1 amide bonds. The summed E-state index contributed by atoms with van der Waals surface area (Å²) in [5.74, 6) is 0.134. The Morgan fingerprint density at radius 3 is 3.05 bits per heavy atom. The molecule has 3 rings (SSSR count). The van der Waals surface area contributed by atoms with Gasteiger partial charge in [0, 0.05) is 4.88 Å². The summed E-state index contributed by atoms with van der Waals surface area (Å²) in [5.41, 5.74) is -0.166. The van der Waals surface area contributed by atoms with Crippen LogP contribution in [0, 0.1) is 0 Å². The van der Waals surface area contributed by atoms with Crippen molar-refractivity contribution in [3.8, 4) is 0 Å². The lowest BCUT2D eigenvalue weighted by molar-refractivity contribution is -0.119. The van der Waals surface area contributed by atoms with Gasteiger partial charge in [0.1, 0.15) is 4.83 Å². The van der Waals surface area contributed by atoms with E-state index >= 15 is 0 Å². The lowest BCUT2D eigenvalue weighted by Crippen LogP contribution is -2.27. The van der Waals surface area contributed by atoms with Gasteiger partial charge in [-0.1, -0.05) is 17.8 Å². The van der Waals surface area contributed by atoms with Crippen molar-refractivity contribution < 1.29 is 4.79 Å². The van der Waals surface area contributed by atoms with Gasteiger partial charge in [-0.3, -0.25) is 9.59 Å². The van der Waals surface area contributed by atoms with Crippen LogP contribution in [-0.2, 0) is 4.79 Å². The van der Waals surface area contributed by atoms with Crippen LogP contribution in [0.3, 0.4) is 0 Å². The SMILES string of the molecule is C[C@@H](NC(=O)CSc1nc2sccc2c(=O)[nH]1)c1cccs1. The Hall–Kier alpha value is -1.64. The number of fused-ring (bicyclic) bond motifs is 1. The quantitative estimate of drug-likeness (QED) is 0.547. The standard InChI is InChI=1S/C14H13N3O2S3/c1-8(10-3-2-5-20-10)15-11(18)7-22-14-16-12(19)9-4-6-21-13(9)17-14/h2-6,8H,7H2,1H3,(H,15,18)(H,16,17,19)/t8-/m1/s1. The van der Waals surface area contributed by atoms with Gasteiger partial charge in [-0.2, -0.15) is 0 Å². The number of thioether (sulfide) groups is 1. The van der Waals surface area contributed by atoms with Crippen LogP contribution < -0.4 is 10.9 Å². The molecule has 2 N–H and O–H groups in total. The minimum Gasteiger partial charge on any atom is -0.348 e. The molecule has 0 aliphatic heterocycles. The number of carbonyl (C=O) groups is 1. The van der Waals surface area contributed by atoms with E-state index in [1.54, 1.807) is 17.4 Å². The predicted molar refractivity (Wildman–Crippen MR) is 91.8 cm³/mol. The van der Waals surface area contributed by atoms with E-state index < -0.39 is 0 Å². The third kappa shape index (κ3) is 3.40. The topological polar surface area (TPSA) is 74.8 Å². The number of hydrogen-bond donors (Lipinski definition) is 2. The van der Waals surface area contributed by atoms with E-state index in [9.17, 15) is 9.59 Å². The molecule has 0 aliphatic carbocycles. The zero-order chi connectivity index (χ0) is 15.5. The van der Waals surface area contributed by atoms with Crippen molar-refractivity contribution in [2.24, 2.45) is 0 Å². The molecule has 0 aliphatic rings. The van der Waals surface area contributed by atoms with Crippen molar-refractivity contribution in [1.29, 1.82) is 0 Å². The monoisotopic (exact) mass is 351 g/mol. The largest absolute Gasteiger partial charge is 0.348 e. The fourth-order valence-corrected chi connectivity index (χ4v) is 4.17. The fourth-order valence-electron chi connectivity index (χ4n) is 1.94. The van der Waals surface area contributed by atoms with Gasteiger partial charge in [-0.05, 0) is 29.8 Å². The second kappa shape index (κ2) is 6.64. The summed E-state index contributed by atoms with van der Waals surface area (Å²) < 4.78 is 0. The zero-order valence-corrected chi connectivity index (χ0v) is 14.1. The molecule has 0 fully saturated rings. The Bertz CT molecular complexity index is 839. The molecule has 0 aromatic carbocycles. The Morgan fingerprint density at radius 1 is 1.41 bits per heavy atom. The van der Waals surface area contributed by atoms with Gasteiger partial charge < -0.3 is 10.3 Å². The van der Waals surface area contributed by atoms with E-state index in [-0.39, 0.29) is 23.3 Å². The van der Waals surface area contributed by atoms with Gasteiger partial charge in [0.05, 0.1) is 17.2 Å². The molecule has 0 saturated heterocycles. The highest BCUT2D eigenvalue weighted by molar-refractivity contribution is 7.99. The first-order valence-corrected chi connectivity index (χ1v) is 9.31. The first-order chi connectivity index (χ1) is 10.6. The molecule has 0 unspecified atom stereocenters. The number of amides is 1. The molecular weight excluding hydrogens is 338 g/mol. The molecule has 8 heteroatoms. The van der Waals surface area contributed by atoms with Crippen molar-refractivity contribution in [1.82, 2.24) is 15.3 Å². The second-order valence-corrected chi connectivity index (χ2v) is 7.44. The normalized spacial score (nSPS) is 12.4. The molecule has 0 bridgehead atoms. The van der Waals surface area contributed by atoms with Crippen molar-refractivity contribution >= 4 is 50.6 Å². The molecule has 22 heavy (non-hydrogen) atoms. The Kier molecular flexibility index (Phi) is 4.60. The average Bonchev–Trinajstić information content (AvgIpc) is 3.16. The molecule has 0 radical (unpaired) electrons. The van der Waals surface area contributed by atoms with Gasteiger partial charge in [0.15, 0.2) is 5.16 Å². The Balaban J connectivity index is 1.61. The summed E-state index contributed by atoms with van der Waals surface area (Å²) in [5, 5.41) is 7.81. The smallest absolute Gasteiger partial charge is 0.260 e. The molecule has 0 spiro atoms. The van der Waals surface area contributed by atoms with Crippen molar-refractivity contribution in [3.05, 3.63) is 44.2 Å². The number of aromatic nitrogens is 2. The highest BCUT2D eigenvalue weighted by Gasteiger charge is 2.12. The summed E-state index contributed by atoms with van der Waals surface area (Å²) >= 11 is 4.26. The van der Waals surface area contributed by atoms with Gasteiger partial charge in [0.25, 0.3) is 5.56 Å². The highest BCUT2D eigenvalue weighted by atomic mass is 32.2. The maximum Gasteiger partial charge on any atom is 0.260 e. The minimum atomic E-state index is -0.166. The number of H-pyrrole nitrogens is 1. The van der Waals surface area contributed by atoms with E-state index in [4.69, 9.17) is 0 Å². The molecule has 3 heterocycles. The maximum atomic E-state index is 12.0. The lowest BCUT2D eigenvalue weighted by atomic mass is 10.3. The number of nitrogens with zero attached hydrogens (tertiary/aromatic N) is 1. The minimum absolute atomic E-state index is 0.0140. The number of carbonyl (C=O) groups excluding carboxylic acids is 1. The average molecular weight is 351 g/mol. The molecule has 3 aromatic rings. The summed E-state index contributed by atoms with van der Waals surface area (Å²) in [6.07, 6.45) is 0. The Labute approximate surface area is 138 Å². The molecule has 0 saturated carbocycles. The summed E-state index contributed by atoms with van der Waals surface area (Å²) in [6, 6.07) is 5.68. The predicted octanol–water partition coefficient (Wildman–Crippen LogP) is 3.02. The van der Waals surface area contributed by atoms with Gasteiger partial charge in [0.2, 0.25) is 5.91 Å². The first kappa shape index (κ1) is 15.3. The van der Waals surface area contributed by atoms with E-state index in [0.29, 0.717) is 15.4 Å². The number of thiophene rings is 2. The zero-order valence-electron chi connectivity index (χ0n) is 11.7. The third-order valence-corrected chi connectivity index (χ3v) is 5.74. The number of aromatic amines is 1. The van der Waals surface area contributed by atoms with Crippen molar-refractivity contribution in [2.45, 2.75) is 18.1 Å². The molecule has 114 valence electrons. The van der Waals surface area contributed by atoms with E-state index in [2.05, 4.69) is 15.3 Å². The van der Waals surface area contributed by atoms with Crippen LogP contribution in [0.5, 0.6) is 0 Å². The highest BCUT2D eigenvalue weighted by Crippen LogP contribution is 2.20. The number of hydrogen-bond acceptors (Lipinski definition) is 6. The van der Waals surface area contributed by atoms with Crippen LogP contribution in [0.25, 0.3) is 10.2 Å². The van der Waals surface area contributed by atoms with Crippen LogP contribution in [0.1, 0.15) is 17.8 Å². The van der Waals surface area contributed by atoms with Crippen LogP contribution >= 0.6 is 34.4 Å². The van der Waals surface area contributed by atoms with E-state index in [0.717, 1.165) is 4.88 Å².